The molecule has 0 aromatic carbocycles. The Morgan fingerprint density at radius 1 is 1.32 bits per heavy atom. The van der Waals surface area contributed by atoms with Crippen LogP contribution < -0.4 is 5.73 Å². The van der Waals surface area contributed by atoms with Crippen LogP contribution in [0, 0.1) is 5.41 Å². The predicted molar refractivity (Wildman–Crippen MR) is 102 cm³/mol. The fraction of sp³-hybridized carbons (Fsp3) is 0.500. The van der Waals surface area contributed by atoms with Gasteiger partial charge in [-0.1, -0.05) is 13.8 Å². The number of hydrogen-bond donors (Lipinski definition) is 2. The van der Waals surface area contributed by atoms with Crippen molar-refractivity contribution in [1.29, 1.82) is 0 Å². The van der Waals surface area contributed by atoms with E-state index in [1.807, 2.05) is 0 Å². The highest BCUT2D eigenvalue weighted by atomic mass is 16.3. The molecule has 1 fully saturated rings. The van der Waals surface area contributed by atoms with Crippen molar-refractivity contribution in [3.8, 4) is 5.82 Å². The first kappa shape index (κ1) is 18.6. The normalized spacial score (nSPS) is 23.7. The van der Waals surface area contributed by atoms with Crippen molar-refractivity contribution in [2.45, 2.75) is 45.1 Å². The van der Waals surface area contributed by atoms with Crippen molar-refractivity contribution >= 4 is 11.8 Å². The molecule has 1 aliphatic carbocycles. The number of amides is 2. The lowest BCUT2D eigenvalue weighted by molar-refractivity contribution is -0.143. The average Bonchev–Trinajstić information content (AvgIpc) is 3.14. The number of pyridine rings is 1. The van der Waals surface area contributed by atoms with Crippen LogP contribution in [0.25, 0.3) is 5.82 Å². The van der Waals surface area contributed by atoms with Gasteiger partial charge in [-0.2, -0.15) is 5.10 Å². The van der Waals surface area contributed by atoms with Gasteiger partial charge in [-0.25, -0.2) is 9.67 Å². The van der Waals surface area contributed by atoms with E-state index in [0.717, 1.165) is 24.1 Å². The topological polar surface area (TPSA) is 114 Å². The second-order valence-electron chi connectivity index (χ2n) is 8.63. The Kier molecular flexibility index (Phi) is 4.08. The maximum Gasteiger partial charge on any atom is 0.269 e. The van der Waals surface area contributed by atoms with Crippen LogP contribution in [0.4, 0.5) is 0 Å². The van der Waals surface area contributed by atoms with Crippen LogP contribution >= 0.6 is 0 Å². The first-order valence-electron chi connectivity index (χ1n) is 9.48. The summed E-state index contributed by atoms with van der Waals surface area (Å²) in [6.45, 7) is 4.81. The van der Waals surface area contributed by atoms with Gasteiger partial charge in [0.05, 0.1) is 5.69 Å². The van der Waals surface area contributed by atoms with Gasteiger partial charge in [0.15, 0.2) is 17.1 Å². The number of nitrogens with two attached hydrogens (primary N) is 1. The van der Waals surface area contributed by atoms with Gasteiger partial charge in [-0.15, -0.1) is 0 Å². The van der Waals surface area contributed by atoms with Crippen molar-refractivity contribution in [3.05, 3.63) is 40.8 Å². The molecule has 1 unspecified atom stereocenters. The number of nitrogens with zero attached hydrogens (tertiary/aromatic N) is 4. The highest BCUT2D eigenvalue weighted by Gasteiger charge is 2.45. The molecular weight excluding hydrogens is 358 g/mol. The van der Waals surface area contributed by atoms with E-state index in [1.165, 1.54) is 4.90 Å². The van der Waals surface area contributed by atoms with Crippen LogP contribution in [-0.2, 0) is 23.2 Å². The molecule has 1 saturated heterocycles. The van der Waals surface area contributed by atoms with E-state index in [2.05, 4.69) is 23.9 Å². The number of hydrogen-bond acceptors (Lipinski definition) is 5. The number of fused-ring (bicyclic) bond motifs is 1. The molecule has 3 N–H and O–H groups in total. The molecule has 148 valence electrons. The van der Waals surface area contributed by atoms with Crippen molar-refractivity contribution in [2.75, 3.05) is 13.6 Å². The molecule has 8 nitrogen and oxygen atoms in total. The van der Waals surface area contributed by atoms with Crippen LogP contribution in [0.5, 0.6) is 0 Å². The molecule has 2 aromatic heterocycles. The number of carbonyl (C=O) groups excluding carboxylic acids is 2. The minimum atomic E-state index is -1.56. The van der Waals surface area contributed by atoms with Gasteiger partial charge in [-0.05, 0) is 42.4 Å². The van der Waals surface area contributed by atoms with Gasteiger partial charge in [0, 0.05) is 31.8 Å². The third-order valence-electron chi connectivity index (χ3n) is 5.97. The maximum atomic E-state index is 12.4. The van der Waals surface area contributed by atoms with E-state index in [4.69, 9.17) is 5.73 Å². The summed E-state index contributed by atoms with van der Waals surface area (Å²) in [5, 5.41) is 15.4. The fourth-order valence-corrected chi connectivity index (χ4v) is 4.25. The minimum absolute atomic E-state index is 0.0658. The Hall–Kier alpha value is -2.74. The molecule has 1 atom stereocenters. The van der Waals surface area contributed by atoms with Crippen LogP contribution in [0.2, 0.25) is 0 Å². The average molecular weight is 383 g/mol. The van der Waals surface area contributed by atoms with Gasteiger partial charge in [-0.3, -0.25) is 9.59 Å². The van der Waals surface area contributed by atoms with Gasteiger partial charge < -0.3 is 15.7 Å². The zero-order valence-corrected chi connectivity index (χ0v) is 16.4. The highest BCUT2D eigenvalue weighted by molar-refractivity contribution is 5.93. The van der Waals surface area contributed by atoms with Gasteiger partial charge in [0.1, 0.15) is 0 Å². The zero-order valence-electron chi connectivity index (χ0n) is 16.4. The molecule has 2 amide bonds. The summed E-state index contributed by atoms with van der Waals surface area (Å²) in [7, 11) is 1.67. The van der Waals surface area contributed by atoms with Crippen molar-refractivity contribution in [1.82, 2.24) is 19.7 Å². The summed E-state index contributed by atoms with van der Waals surface area (Å²) >= 11 is 0. The van der Waals surface area contributed by atoms with Crippen LogP contribution in [0.15, 0.2) is 18.3 Å². The number of likely N-dealkylation sites (tertiary alicyclic amines) is 1. The van der Waals surface area contributed by atoms with Gasteiger partial charge >= 0.3 is 0 Å². The predicted octanol–water partition coefficient (Wildman–Crippen LogP) is 0.931. The van der Waals surface area contributed by atoms with Crippen LogP contribution in [-0.4, -0.2) is 50.2 Å². The van der Waals surface area contributed by atoms with Crippen molar-refractivity contribution in [3.63, 3.8) is 0 Å². The number of likely N-dealkylation sites (N-methyl/N-ethyl adjacent to an activating group) is 1. The van der Waals surface area contributed by atoms with Crippen LogP contribution in [0.1, 0.15) is 54.0 Å². The van der Waals surface area contributed by atoms with Crippen molar-refractivity contribution < 1.29 is 14.7 Å². The molecule has 8 heteroatoms. The molecule has 0 saturated carbocycles. The minimum Gasteiger partial charge on any atom is -0.375 e. The number of aromatic nitrogens is 3. The van der Waals surface area contributed by atoms with E-state index in [-0.39, 0.29) is 17.0 Å². The molecule has 0 radical (unpaired) electrons. The van der Waals surface area contributed by atoms with Gasteiger partial charge in [0.25, 0.3) is 11.8 Å². The Morgan fingerprint density at radius 3 is 2.71 bits per heavy atom. The largest absolute Gasteiger partial charge is 0.375 e. The first-order chi connectivity index (χ1) is 13.1. The second kappa shape index (κ2) is 6.13. The Balaban J connectivity index is 1.81. The summed E-state index contributed by atoms with van der Waals surface area (Å²) in [4.78, 5) is 30.3. The van der Waals surface area contributed by atoms with E-state index in [9.17, 15) is 14.7 Å². The van der Waals surface area contributed by atoms with E-state index >= 15 is 0 Å². The lowest BCUT2D eigenvalue weighted by Crippen LogP contribution is -2.36. The molecule has 0 spiro atoms. The Morgan fingerprint density at radius 2 is 2.07 bits per heavy atom. The lowest BCUT2D eigenvalue weighted by atomic mass is 9.76. The summed E-state index contributed by atoms with van der Waals surface area (Å²) in [5.74, 6) is -0.418. The molecular formula is C20H25N5O3. The number of carbonyl (C=O) groups is 2. The third-order valence-corrected chi connectivity index (χ3v) is 5.97. The molecule has 4 rings (SSSR count). The molecule has 2 aliphatic rings. The summed E-state index contributed by atoms with van der Waals surface area (Å²) in [5.41, 5.74) is 6.61. The zero-order chi connectivity index (χ0) is 20.3. The molecule has 28 heavy (non-hydrogen) atoms. The number of primary amides is 1. The maximum absolute atomic E-state index is 12.4. The molecule has 3 heterocycles. The molecule has 2 aromatic rings. The molecule has 0 bridgehead atoms. The number of rotatable bonds is 3. The Labute approximate surface area is 163 Å². The summed E-state index contributed by atoms with van der Waals surface area (Å²) < 4.78 is 1.64. The first-order valence-corrected chi connectivity index (χ1v) is 9.48. The van der Waals surface area contributed by atoms with E-state index < -0.39 is 11.5 Å². The smallest absolute Gasteiger partial charge is 0.269 e. The quantitative estimate of drug-likeness (QED) is 0.818. The van der Waals surface area contributed by atoms with Gasteiger partial charge in [0.2, 0.25) is 0 Å². The third kappa shape index (κ3) is 2.79. The van der Waals surface area contributed by atoms with E-state index in [1.54, 1.807) is 30.1 Å². The van der Waals surface area contributed by atoms with Crippen LogP contribution in [0.3, 0.4) is 0 Å². The molecule has 1 aliphatic heterocycles. The summed E-state index contributed by atoms with van der Waals surface area (Å²) in [6.07, 6.45) is 4.30. The van der Waals surface area contributed by atoms with E-state index in [0.29, 0.717) is 30.8 Å². The fourth-order valence-electron chi connectivity index (χ4n) is 4.25. The number of aliphatic hydroxyl groups is 1. The lowest BCUT2D eigenvalue weighted by Gasteiger charge is -2.30. The Bertz CT molecular complexity index is 980. The summed E-state index contributed by atoms with van der Waals surface area (Å²) in [6, 6.07) is 3.32. The SMILES string of the molecule is CN1CCC(O)(c2ccnc(-n3nc(C(N)=O)c4c3CCC(C)(C)C4)c2)C1=O. The monoisotopic (exact) mass is 383 g/mol. The van der Waals surface area contributed by atoms with Crippen molar-refractivity contribution in [2.24, 2.45) is 11.1 Å². The standard InChI is InChI=1S/C20H25N5O3/c1-19(2)6-4-14-13(11-19)16(17(21)26)23-25(14)15-10-12(5-8-22-15)20(28)7-9-24(3)18(20)27/h5,8,10,28H,4,6-7,9,11H2,1-3H3,(H2,21,26). The highest BCUT2D eigenvalue weighted by Crippen LogP contribution is 2.38. The second-order valence-corrected chi connectivity index (χ2v) is 8.63.